The van der Waals surface area contributed by atoms with Crippen LogP contribution in [-0.4, -0.2) is 11.1 Å². The Kier molecular flexibility index (Phi) is 4.60. The minimum absolute atomic E-state index is 0.232. The van der Waals surface area contributed by atoms with Crippen molar-refractivity contribution in [3.63, 3.8) is 0 Å². The molecule has 2 nitrogen and oxygen atoms in total. The zero-order valence-corrected chi connectivity index (χ0v) is 10.9. The molecule has 1 aromatic rings. The van der Waals surface area contributed by atoms with Crippen molar-refractivity contribution in [3.05, 3.63) is 22.4 Å². The molecule has 1 heterocycles. The molecule has 0 amide bonds. The number of carbonyl (C=O) groups is 1. The van der Waals surface area contributed by atoms with Gasteiger partial charge >= 0.3 is 5.97 Å². The molecule has 0 bridgehead atoms. The monoisotopic (exact) mass is 252 g/mol. The second-order valence-electron chi connectivity index (χ2n) is 5.05. The molecule has 94 valence electrons. The van der Waals surface area contributed by atoms with Gasteiger partial charge in [0.05, 0.1) is 6.42 Å². The van der Waals surface area contributed by atoms with Gasteiger partial charge in [0.1, 0.15) is 0 Å². The number of aliphatic carboxylic acids is 1. The predicted octanol–water partition coefficient (Wildman–Crippen LogP) is 4.28. The molecular weight excluding hydrogens is 232 g/mol. The summed E-state index contributed by atoms with van der Waals surface area (Å²) in [5.74, 6) is 0.310. The lowest BCUT2D eigenvalue weighted by molar-refractivity contribution is -0.137. The van der Waals surface area contributed by atoms with Crippen molar-refractivity contribution >= 4 is 17.3 Å². The molecule has 0 spiro atoms. The van der Waals surface area contributed by atoms with Crippen molar-refractivity contribution in [1.29, 1.82) is 0 Å². The van der Waals surface area contributed by atoms with E-state index in [1.807, 2.05) is 11.4 Å². The van der Waals surface area contributed by atoms with E-state index in [-0.39, 0.29) is 12.3 Å². The molecule has 1 aliphatic carbocycles. The van der Waals surface area contributed by atoms with Crippen LogP contribution in [0.25, 0.3) is 0 Å². The van der Waals surface area contributed by atoms with E-state index in [4.69, 9.17) is 5.11 Å². The van der Waals surface area contributed by atoms with Gasteiger partial charge in [0, 0.05) is 10.8 Å². The van der Waals surface area contributed by atoms with Crippen LogP contribution < -0.4 is 0 Å². The lowest BCUT2D eigenvalue weighted by atomic mass is 9.81. The van der Waals surface area contributed by atoms with Gasteiger partial charge in [-0.05, 0) is 23.8 Å². The van der Waals surface area contributed by atoms with Crippen molar-refractivity contribution in [2.75, 3.05) is 0 Å². The second kappa shape index (κ2) is 6.20. The Bertz CT molecular complexity index is 339. The quantitative estimate of drug-likeness (QED) is 0.849. The molecule has 1 saturated carbocycles. The fourth-order valence-corrected chi connectivity index (χ4v) is 3.70. The van der Waals surface area contributed by atoms with E-state index < -0.39 is 5.97 Å². The maximum absolute atomic E-state index is 11.0. The summed E-state index contributed by atoms with van der Waals surface area (Å²) in [5, 5.41) is 11.1. The summed E-state index contributed by atoms with van der Waals surface area (Å²) in [7, 11) is 0. The lowest BCUT2D eigenvalue weighted by Gasteiger charge is -2.25. The average molecular weight is 252 g/mol. The van der Waals surface area contributed by atoms with Crippen molar-refractivity contribution in [3.8, 4) is 0 Å². The molecule has 0 aliphatic heterocycles. The van der Waals surface area contributed by atoms with Crippen molar-refractivity contribution in [1.82, 2.24) is 0 Å². The highest BCUT2D eigenvalue weighted by Crippen LogP contribution is 2.36. The normalized spacial score (nSPS) is 19.1. The number of carboxylic acids is 1. The standard InChI is InChI=1S/C14H20O2S/c15-14(16)10-12(13-7-4-8-17-13)9-11-5-2-1-3-6-11/h4,7-8,11-12H,1-3,5-6,9-10H2,(H,15,16). The zero-order valence-electron chi connectivity index (χ0n) is 10.1. The summed E-state index contributed by atoms with van der Waals surface area (Å²) in [6.45, 7) is 0. The highest BCUT2D eigenvalue weighted by atomic mass is 32.1. The third-order valence-electron chi connectivity index (χ3n) is 3.71. The molecule has 1 N–H and O–H groups in total. The fourth-order valence-electron chi connectivity index (χ4n) is 2.86. The summed E-state index contributed by atoms with van der Waals surface area (Å²) in [6, 6.07) is 4.11. The molecule has 17 heavy (non-hydrogen) atoms. The maximum atomic E-state index is 11.0. The predicted molar refractivity (Wildman–Crippen MR) is 70.5 cm³/mol. The molecule has 1 unspecified atom stereocenters. The summed E-state index contributed by atoms with van der Waals surface area (Å²) >= 11 is 1.70. The van der Waals surface area contributed by atoms with Gasteiger partial charge in [-0.2, -0.15) is 0 Å². The minimum atomic E-state index is -0.667. The Balaban J connectivity index is 1.97. The first-order chi connectivity index (χ1) is 8.25. The number of thiophene rings is 1. The van der Waals surface area contributed by atoms with Crippen LogP contribution in [0.2, 0.25) is 0 Å². The highest BCUT2D eigenvalue weighted by molar-refractivity contribution is 7.10. The molecule has 0 saturated heterocycles. The van der Waals surface area contributed by atoms with Crippen LogP contribution in [0, 0.1) is 5.92 Å². The lowest BCUT2D eigenvalue weighted by Crippen LogP contribution is -2.13. The molecule has 1 fully saturated rings. The topological polar surface area (TPSA) is 37.3 Å². The number of hydrogen-bond donors (Lipinski definition) is 1. The Labute approximate surface area is 107 Å². The number of hydrogen-bond acceptors (Lipinski definition) is 2. The van der Waals surface area contributed by atoms with Crippen LogP contribution in [0.1, 0.15) is 55.7 Å². The zero-order chi connectivity index (χ0) is 12.1. The largest absolute Gasteiger partial charge is 0.481 e. The smallest absolute Gasteiger partial charge is 0.303 e. The Morgan fingerprint density at radius 1 is 1.41 bits per heavy atom. The van der Waals surface area contributed by atoms with Gasteiger partial charge in [0.25, 0.3) is 0 Å². The van der Waals surface area contributed by atoms with E-state index in [0.29, 0.717) is 0 Å². The van der Waals surface area contributed by atoms with Crippen LogP contribution in [0.5, 0.6) is 0 Å². The summed E-state index contributed by atoms with van der Waals surface area (Å²) in [5.41, 5.74) is 0. The highest BCUT2D eigenvalue weighted by Gasteiger charge is 2.22. The number of rotatable bonds is 5. The van der Waals surface area contributed by atoms with Gasteiger partial charge < -0.3 is 5.11 Å². The molecule has 0 aromatic carbocycles. The SMILES string of the molecule is O=C(O)CC(CC1CCCCC1)c1cccs1. The third-order valence-corrected chi connectivity index (χ3v) is 4.74. The molecule has 2 rings (SSSR count). The van der Waals surface area contributed by atoms with E-state index in [9.17, 15) is 4.79 Å². The van der Waals surface area contributed by atoms with E-state index in [2.05, 4.69) is 6.07 Å². The minimum Gasteiger partial charge on any atom is -0.481 e. The van der Waals surface area contributed by atoms with Crippen LogP contribution >= 0.6 is 11.3 Å². The summed E-state index contributed by atoms with van der Waals surface area (Å²) in [4.78, 5) is 12.2. The van der Waals surface area contributed by atoms with Crippen LogP contribution in [-0.2, 0) is 4.79 Å². The van der Waals surface area contributed by atoms with Crippen LogP contribution in [0.15, 0.2) is 17.5 Å². The first kappa shape index (κ1) is 12.6. The van der Waals surface area contributed by atoms with E-state index >= 15 is 0 Å². The van der Waals surface area contributed by atoms with Crippen LogP contribution in [0.3, 0.4) is 0 Å². The molecule has 1 aliphatic rings. The van der Waals surface area contributed by atoms with Gasteiger partial charge in [-0.3, -0.25) is 4.79 Å². The Morgan fingerprint density at radius 3 is 2.76 bits per heavy atom. The van der Waals surface area contributed by atoms with Gasteiger partial charge in [-0.1, -0.05) is 38.2 Å². The summed E-state index contributed by atoms with van der Waals surface area (Å²) < 4.78 is 0. The Morgan fingerprint density at radius 2 is 2.18 bits per heavy atom. The second-order valence-corrected chi connectivity index (χ2v) is 6.03. The third kappa shape index (κ3) is 3.84. The molecule has 3 heteroatoms. The van der Waals surface area contributed by atoms with Crippen molar-refractivity contribution in [2.45, 2.75) is 50.9 Å². The van der Waals surface area contributed by atoms with Crippen LogP contribution in [0.4, 0.5) is 0 Å². The molecular formula is C14H20O2S. The average Bonchev–Trinajstić information content (AvgIpc) is 2.82. The van der Waals surface area contributed by atoms with E-state index in [1.165, 1.54) is 37.0 Å². The maximum Gasteiger partial charge on any atom is 0.303 e. The molecule has 0 radical (unpaired) electrons. The molecule has 1 atom stereocenters. The van der Waals surface area contributed by atoms with Crippen molar-refractivity contribution in [2.24, 2.45) is 5.92 Å². The Hall–Kier alpha value is -0.830. The summed E-state index contributed by atoms with van der Waals surface area (Å²) in [6.07, 6.45) is 7.95. The van der Waals surface area contributed by atoms with E-state index in [1.54, 1.807) is 11.3 Å². The van der Waals surface area contributed by atoms with Gasteiger partial charge in [-0.15, -0.1) is 11.3 Å². The molecule has 1 aromatic heterocycles. The first-order valence-electron chi connectivity index (χ1n) is 6.51. The fraction of sp³-hybridized carbons (Fsp3) is 0.643. The van der Waals surface area contributed by atoms with Gasteiger partial charge in [-0.25, -0.2) is 0 Å². The van der Waals surface area contributed by atoms with E-state index in [0.717, 1.165) is 12.3 Å². The first-order valence-corrected chi connectivity index (χ1v) is 7.39. The van der Waals surface area contributed by atoms with Gasteiger partial charge in [0.2, 0.25) is 0 Å². The van der Waals surface area contributed by atoms with Crippen molar-refractivity contribution < 1.29 is 9.90 Å². The number of carboxylic acid groups (broad SMARTS) is 1. The van der Waals surface area contributed by atoms with Gasteiger partial charge in [0.15, 0.2) is 0 Å².